The summed E-state index contributed by atoms with van der Waals surface area (Å²) in [5.41, 5.74) is 66.3. The van der Waals surface area contributed by atoms with Crippen LogP contribution in [0.15, 0.2) is 201 Å². The first-order valence-corrected chi connectivity index (χ1v) is 51.7. The Kier molecular flexibility index (Phi) is 20.4. The van der Waals surface area contributed by atoms with Crippen LogP contribution in [0.2, 0.25) is 0 Å². The Bertz CT molecular complexity index is 9320. The molecule has 0 fully saturated rings. The second-order valence-electron chi connectivity index (χ2n) is 36.5. The van der Waals surface area contributed by atoms with E-state index in [0.717, 1.165) is 206 Å². The number of thiazole rings is 4. The summed E-state index contributed by atoms with van der Waals surface area (Å²) >= 11 is 6.14. The molecule has 14 heterocycles. The van der Waals surface area contributed by atoms with E-state index in [-0.39, 0.29) is 0 Å². The summed E-state index contributed by atoms with van der Waals surface area (Å²) in [6.45, 7) is 2.12. The zero-order chi connectivity index (χ0) is 92.2. The van der Waals surface area contributed by atoms with E-state index >= 15 is 0 Å². The van der Waals surface area contributed by atoms with Crippen molar-refractivity contribution in [2.24, 2.45) is 0 Å². The summed E-state index contributed by atoms with van der Waals surface area (Å²) in [7, 11) is -3.27. The number of aromatic amines is 5. The summed E-state index contributed by atoms with van der Waals surface area (Å²) in [5.74, 6) is 0. The molecule has 29 rings (SSSR count). The van der Waals surface area contributed by atoms with Crippen LogP contribution in [0, 0.1) is 18.3 Å². The number of anilines is 5. The lowest BCUT2D eigenvalue weighted by Gasteiger charge is -2.23. The van der Waals surface area contributed by atoms with Crippen molar-refractivity contribution in [3.05, 3.63) is 268 Å². The van der Waals surface area contributed by atoms with Crippen molar-refractivity contribution in [1.29, 1.82) is 5.26 Å². The van der Waals surface area contributed by atoms with E-state index in [2.05, 4.69) is 216 Å². The van der Waals surface area contributed by atoms with Crippen LogP contribution < -0.4 is 27.7 Å². The third-order valence-corrected chi connectivity index (χ3v) is 32.1. The third kappa shape index (κ3) is 14.9. The quantitative estimate of drug-likeness (QED) is 0.0708. The van der Waals surface area contributed by atoms with Gasteiger partial charge < -0.3 is 42.9 Å². The van der Waals surface area contributed by atoms with Crippen molar-refractivity contribution in [1.82, 2.24) is 75.0 Å². The van der Waals surface area contributed by atoms with Gasteiger partial charge in [0, 0.05) is 134 Å². The van der Waals surface area contributed by atoms with Gasteiger partial charge in [0.1, 0.15) is 6.07 Å². The maximum atomic E-state index is 11.4. The van der Waals surface area contributed by atoms with E-state index in [0.29, 0.717) is 31.8 Å². The molecule has 0 aliphatic heterocycles. The highest BCUT2D eigenvalue weighted by atomic mass is 32.2. The topological polar surface area (TPSA) is 382 Å². The fraction of sp³-hybridized carbons (Fsp3) is 0.183. The molecule has 5 aliphatic carbocycles. The van der Waals surface area contributed by atoms with Crippen molar-refractivity contribution >= 4 is 231 Å². The molecule has 0 unspecified atom stereocenters. The lowest BCUT2D eigenvalue weighted by Crippen LogP contribution is -2.09. The zero-order valence-electron chi connectivity index (χ0n) is 74.9. The van der Waals surface area contributed by atoms with E-state index in [1.165, 1.54) is 206 Å². The molecule has 24 aromatic rings. The second kappa shape index (κ2) is 33.5. The highest BCUT2D eigenvalue weighted by Gasteiger charge is 2.30. The number of aryl methyl sites for hydroxylation is 6. The highest BCUT2D eigenvalue weighted by Crippen LogP contribution is 2.48. The fourth-order valence-corrected chi connectivity index (χ4v) is 26.0. The number of nitrogens with two attached hydrogens (primary N) is 4. The SMILES string of the molecule is CS(=O)(=O)Nc1ccc(-c2[nH]c3ccc4nccc4c3c3c2CCC3)cc1.Cc1cc2c(ccc3nc(-c4ccc5nc(N)sc5c4)c4c(c32)CCCC4)[nH]1.N#Cc1cnc2ccc3[nH]c(-c4ccc5nc(N)sc5c4)c4c(c3c12)CCCC4.Nc1nc2ccc(-c3[nH]c4ccc5nccc5c4c4c3CCCC4)cc2s1.Nc1nc2ccc(-c3nc4ccc5[nH]ncc5c4c4c3CCC4)cc2s1. The normalized spacial score (nSPS) is 14.0. The number of aromatic nitrogens is 15. The number of nitrogen functional groups attached to an aromatic ring is 4. The standard InChI is InChI=1S/C23H17N5S.C23H20N4S.C22H18N4S.C21H19N3O2S.C20H15N5S/c24-10-13-11-26-17-7-8-18-21(20(13)17)14-3-1-2-4-15(14)22(27-18)12-5-6-16-19(9-12)29-23(25)28-16;1-12-10-16-17(25-12)8-9-19-21(16)14-4-2-3-5-15(14)22(26-19)13-6-7-18-20(11-13)28-23(24)27-18;23-22-26-17-6-5-12(11-19(17)27-22)21-14-4-2-1-3-13(14)20-15-9-10-24-16(15)7-8-18(20)25-21;1-27(25,26)24-14-7-5-13(6-8-14)21-16-4-2-3-15(16)20-17-11-12-22-18(17)9-10-19(20)23-21;21-20-24-15-5-4-10(8-17(15)26-20)19-12-3-1-2-11(12)18-13-9-22-25-14(13)6-7-16(18)23-19/h5-9,11,27H,1-4H2,(H2,25,28);6-11,25H,2-5H2,1H3,(H2,24,27);5-11,25H,1-4H2,(H2,23,26);5-12,23-24H,2-4H2,1H3;4-9H,1-3H2,(H2,21,24)(H,22,25). The fourth-order valence-electron chi connectivity index (χ4n) is 22.3. The van der Waals surface area contributed by atoms with Gasteiger partial charge in [-0.1, -0.05) is 81.7 Å². The molecule has 23 nitrogen and oxygen atoms in total. The van der Waals surface area contributed by atoms with Gasteiger partial charge in [-0.3, -0.25) is 24.8 Å². The van der Waals surface area contributed by atoms with Gasteiger partial charge in [-0.25, -0.2) is 38.3 Å². The maximum Gasteiger partial charge on any atom is 0.229 e. The number of hydrogen-bond donors (Lipinski definition) is 10. The van der Waals surface area contributed by atoms with E-state index in [9.17, 15) is 13.7 Å². The Labute approximate surface area is 800 Å². The number of nitriles is 1. The minimum atomic E-state index is -3.27. The van der Waals surface area contributed by atoms with E-state index in [1.54, 1.807) is 41.0 Å². The minimum Gasteiger partial charge on any atom is -0.375 e. The predicted molar refractivity (Wildman–Crippen MR) is 565 cm³/mol. The number of sulfonamides is 1. The van der Waals surface area contributed by atoms with Crippen molar-refractivity contribution < 1.29 is 8.42 Å². The van der Waals surface area contributed by atoms with E-state index in [4.69, 9.17) is 32.9 Å². The van der Waals surface area contributed by atoms with Crippen molar-refractivity contribution in [3.63, 3.8) is 0 Å². The van der Waals surface area contributed by atoms with Crippen molar-refractivity contribution in [2.45, 2.75) is 122 Å². The van der Waals surface area contributed by atoms with Gasteiger partial charge in [-0.15, -0.1) is 0 Å². The summed E-state index contributed by atoms with van der Waals surface area (Å²) in [5, 5.41) is 31.7. The molecule has 14 N–H and O–H groups in total. The molecule has 0 saturated carbocycles. The van der Waals surface area contributed by atoms with Crippen LogP contribution in [0.4, 0.5) is 26.2 Å². The number of nitrogens with one attached hydrogen (secondary N) is 6. The van der Waals surface area contributed by atoms with Crippen LogP contribution in [-0.4, -0.2) is 89.7 Å². The molecule has 5 aliphatic rings. The molecule has 137 heavy (non-hydrogen) atoms. The Morgan fingerprint density at radius 2 is 0.715 bits per heavy atom. The number of nitrogens with zero attached hydrogens (tertiary/aromatic N) is 11. The average molecular weight is 1890 g/mol. The van der Waals surface area contributed by atoms with Gasteiger partial charge in [0.15, 0.2) is 20.5 Å². The Morgan fingerprint density at radius 3 is 1.21 bits per heavy atom. The number of fused-ring (bicyclic) bond motifs is 29. The van der Waals surface area contributed by atoms with E-state index in [1.807, 2.05) is 48.9 Å². The van der Waals surface area contributed by atoms with Gasteiger partial charge >= 0.3 is 0 Å². The molecule has 0 saturated heterocycles. The molecule has 28 heteroatoms. The monoisotopic (exact) mass is 1880 g/mol. The Balaban J connectivity index is 0.0000000910. The minimum absolute atomic E-state index is 0.572. The van der Waals surface area contributed by atoms with Crippen LogP contribution in [0.25, 0.3) is 206 Å². The molecule has 14 aromatic heterocycles. The first-order chi connectivity index (χ1) is 66.9. The molecule has 672 valence electrons. The van der Waals surface area contributed by atoms with Crippen LogP contribution in [-0.2, 0) is 74.2 Å². The summed E-state index contributed by atoms with van der Waals surface area (Å²) in [6, 6.07) is 62.9. The number of rotatable bonds is 7. The van der Waals surface area contributed by atoms with E-state index < -0.39 is 10.0 Å². The predicted octanol–water partition coefficient (Wildman–Crippen LogP) is 25.2. The largest absolute Gasteiger partial charge is 0.375 e. The van der Waals surface area contributed by atoms with Gasteiger partial charge in [0.05, 0.1) is 103 Å². The second-order valence-corrected chi connectivity index (χ2v) is 42.5. The summed E-state index contributed by atoms with van der Waals surface area (Å²) in [6.07, 6.45) is 29.0. The summed E-state index contributed by atoms with van der Waals surface area (Å²) < 4.78 is 29.8. The summed E-state index contributed by atoms with van der Waals surface area (Å²) in [4.78, 5) is 55.7. The Morgan fingerprint density at radius 1 is 0.336 bits per heavy atom. The van der Waals surface area contributed by atoms with Gasteiger partial charge in [0.25, 0.3) is 0 Å². The lowest BCUT2D eigenvalue weighted by atomic mass is 9.85. The number of H-pyrrole nitrogens is 5. The van der Waals surface area contributed by atoms with Crippen LogP contribution >= 0.6 is 45.3 Å². The third-order valence-electron chi connectivity index (χ3n) is 28.1. The molecule has 0 amide bonds. The first-order valence-electron chi connectivity index (χ1n) is 46.6. The van der Waals surface area contributed by atoms with Gasteiger partial charge in [0.2, 0.25) is 10.0 Å². The Hall–Kier alpha value is -15.1. The average Bonchev–Trinajstić information content (AvgIpc) is 1.58. The molecule has 0 atom stereocenters. The van der Waals surface area contributed by atoms with Crippen LogP contribution in [0.5, 0.6) is 0 Å². The van der Waals surface area contributed by atoms with Crippen LogP contribution in [0.3, 0.4) is 0 Å². The molecular weight excluding hydrogens is 1800 g/mol. The molecular formula is C109H89N21O2S5. The van der Waals surface area contributed by atoms with Gasteiger partial charge in [-0.05, 0) is 334 Å². The smallest absolute Gasteiger partial charge is 0.229 e. The molecule has 0 bridgehead atoms. The van der Waals surface area contributed by atoms with Crippen LogP contribution in [0.1, 0.15) is 118 Å². The van der Waals surface area contributed by atoms with Crippen molar-refractivity contribution in [3.8, 4) is 62.4 Å². The number of benzene rings is 10. The van der Waals surface area contributed by atoms with Gasteiger partial charge in [-0.2, -0.15) is 10.4 Å². The lowest BCUT2D eigenvalue weighted by molar-refractivity contribution is 0.607. The number of pyridine rings is 5. The molecule has 0 spiro atoms. The zero-order valence-corrected chi connectivity index (χ0v) is 78.9. The maximum absolute atomic E-state index is 11.4. The number of hydrogen-bond acceptors (Lipinski definition) is 21. The molecule has 10 aromatic carbocycles. The van der Waals surface area contributed by atoms with Crippen molar-refractivity contribution in [2.75, 3.05) is 33.9 Å². The highest BCUT2D eigenvalue weighted by molar-refractivity contribution is 7.92. The molecule has 0 radical (unpaired) electrons. The first kappa shape index (κ1) is 83.7.